The molecule has 1 heterocycles. The van der Waals surface area contributed by atoms with Crippen molar-refractivity contribution in [1.29, 1.82) is 0 Å². The normalized spacial score (nSPS) is 10.9. The number of nitrogens with one attached hydrogen (secondary N) is 2. The number of rotatable bonds is 7. The summed E-state index contributed by atoms with van der Waals surface area (Å²) in [6.45, 7) is 2.21. The lowest BCUT2D eigenvalue weighted by molar-refractivity contribution is -0.123. The molecule has 0 fully saturated rings. The molecule has 0 aliphatic carbocycles. The first-order chi connectivity index (χ1) is 11.3. The Morgan fingerprint density at radius 1 is 1.21 bits per heavy atom. The molecule has 2 aromatic rings. The van der Waals surface area contributed by atoms with Crippen molar-refractivity contribution in [3.8, 4) is 5.75 Å². The lowest BCUT2D eigenvalue weighted by atomic mass is 10.1. The number of carbonyl (C=O) groups is 1. The number of sulfonamides is 1. The predicted molar refractivity (Wildman–Crippen MR) is 91.2 cm³/mol. The second-order valence-corrected chi connectivity index (χ2v) is 7.01. The zero-order chi connectivity index (χ0) is 17.6. The van der Waals surface area contributed by atoms with Crippen molar-refractivity contribution in [2.45, 2.75) is 13.5 Å². The molecule has 0 bridgehead atoms. The van der Waals surface area contributed by atoms with Gasteiger partial charge in [-0.25, -0.2) is 8.42 Å². The third-order valence-corrected chi connectivity index (χ3v) is 3.76. The average Bonchev–Trinajstić information content (AvgIpc) is 2.52. The monoisotopic (exact) mass is 349 g/mol. The second-order valence-electron chi connectivity index (χ2n) is 5.27. The van der Waals surface area contributed by atoms with E-state index in [4.69, 9.17) is 4.74 Å². The van der Waals surface area contributed by atoms with Crippen molar-refractivity contribution in [2.75, 3.05) is 17.6 Å². The smallest absolute Gasteiger partial charge is 0.258 e. The highest BCUT2D eigenvalue weighted by atomic mass is 32.2. The van der Waals surface area contributed by atoms with Crippen molar-refractivity contribution in [3.63, 3.8) is 0 Å². The van der Waals surface area contributed by atoms with E-state index in [1.165, 1.54) is 0 Å². The summed E-state index contributed by atoms with van der Waals surface area (Å²) in [4.78, 5) is 15.8. The summed E-state index contributed by atoms with van der Waals surface area (Å²) in [7, 11) is -3.31. The van der Waals surface area contributed by atoms with Gasteiger partial charge < -0.3 is 10.1 Å². The molecular weight excluding hydrogens is 330 g/mol. The highest BCUT2D eigenvalue weighted by Crippen LogP contribution is 2.16. The van der Waals surface area contributed by atoms with Gasteiger partial charge >= 0.3 is 0 Å². The molecule has 128 valence electrons. The summed E-state index contributed by atoms with van der Waals surface area (Å²) in [6, 6.07) is 8.18. The van der Waals surface area contributed by atoms with Crippen LogP contribution in [0.3, 0.4) is 0 Å². The van der Waals surface area contributed by atoms with Gasteiger partial charge in [0, 0.05) is 24.6 Å². The molecule has 0 atom stereocenters. The van der Waals surface area contributed by atoms with Gasteiger partial charge in [0.2, 0.25) is 10.0 Å². The van der Waals surface area contributed by atoms with Crippen molar-refractivity contribution in [3.05, 3.63) is 53.9 Å². The Morgan fingerprint density at radius 2 is 1.92 bits per heavy atom. The molecule has 0 radical (unpaired) electrons. The number of anilines is 1. The zero-order valence-electron chi connectivity index (χ0n) is 13.4. The zero-order valence-corrected chi connectivity index (χ0v) is 14.3. The minimum atomic E-state index is -3.31. The number of hydrogen-bond acceptors (Lipinski definition) is 5. The van der Waals surface area contributed by atoms with Gasteiger partial charge in [-0.15, -0.1) is 0 Å². The van der Waals surface area contributed by atoms with Crippen LogP contribution in [-0.2, 0) is 21.4 Å². The van der Waals surface area contributed by atoms with Gasteiger partial charge in [0.1, 0.15) is 5.75 Å². The molecule has 24 heavy (non-hydrogen) atoms. The van der Waals surface area contributed by atoms with Crippen LogP contribution in [0.5, 0.6) is 5.75 Å². The number of hydrogen-bond donors (Lipinski definition) is 2. The maximum absolute atomic E-state index is 11.8. The maximum Gasteiger partial charge on any atom is 0.258 e. The molecule has 0 saturated carbocycles. The lowest BCUT2D eigenvalue weighted by Gasteiger charge is -2.09. The molecule has 0 aliphatic heterocycles. The minimum absolute atomic E-state index is 0.127. The molecule has 0 unspecified atom stereocenters. The average molecular weight is 349 g/mol. The van der Waals surface area contributed by atoms with E-state index in [0.717, 1.165) is 17.4 Å². The number of nitrogens with zero attached hydrogens (tertiary/aromatic N) is 1. The third-order valence-electron chi connectivity index (χ3n) is 3.15. The Labute approximate surface area is 141 Å². The van der Waals surface area contributed by atoms with Crippen molar-refractivity contribution in [1.82, 2.24) is 10.3 Å². The molecule has 2 N–H and O–H groups in total. The highest BCUT2D eigenvalue weighted by Gasteiger charge is 2.05. The number of aryl methyl sites for hydroxylation is 1. The summed E-state index contributed by atoms with van der Waals surface area (Å²) in [6.07, 6.45) is 4.49. The van der Waals surface area contributed by atoms with E-state index in [1.807, 2.05) is 13.0 Å². The van der Waals surface area contributed by atoms with E-state index in [-0.39, 0.29) is 12.5 Å². The van der Waals surface area contributed by atoms with E-state index in [1.54, 1.807) is 36.7 Å². The van der Waals surface area contributed by atoms with Gasteiger partial charge in [-0.2, -0.15) is 0 Å². The summed E-state index contributed by atoms with van der Waals surface area (Å²) in [5, 5.41) is 2.76. The van der Waals surface area contributed by atoms with Crippen LogP contribution in [-0.4, -0.2) is 32.2 Å². The first kappa shape index (κ1) is 17.7. The number of ether oxygens (including phenoxy) is 1. The number of carbonyl (C=O) groups excluding carboxylic acids is 1. The fourth-order valence-corrected chi connectivity index (χ4v) is 2.47. The number of benzene rings is 1. The number of amides is 1. The quantitative estimate of drug-likeness (QED) is 0.789. The van der Waals surface area contributed by atoms with E-state index in [2.05, 4.69) is 15.0 Å². The summed E-state index contributed by atoms with van der Waals surface area (Å²) < 4.78 is 29.9. The molecule has 7 nitrogen and oxygen atoms in total. The Hall–Kier alpha value is -2.61. The van der Waals surface area contributed by atoms with Crippen LogP contribution in [0.25, 0.3) is 0 Å². The Balaban J connectivity index is 1.80. The fourth-order valence-electron chi connectivity index (χ4n) is 1.91. The fraction of sp³-hybridized carbons (Fsp3) is 0.250. The van der Waals surface area contributed by atoms with Crippen molar-refractivity contribution < 1.29 is 17.9 Å². The van der Waals surface area contributed by atoms with Gasteiger partial charge in [-0.1, -0.05) is 0 Å². The van der Waals surface area contributed by atoms with E-state index in [0.29, 0.717) is 18.0 Å². The molecule has 1 aromatic heterocycles. The largest absolute Gasteiger partial charge is 0.484 e. The van der Waals surface area contributed by atoms with Crippen molar-refractivity contribution >= 4 is 21.6 Å². The summed E-state index contributed by atoms with van der Waals surface area (Å²) in [5.41, 5.74) is 2.43. The molecule has 0 aliphatic rings. The molecule has 0 spiro atoms. The minimum Gasteiger partial charge on any atom is -0.484 e. The SMILES string of the molecule is Cc1ccncc1CNC(=O)COc1ccc(NS(C)(=O)=O)cc1. The highest BCUT2D eigenvalue weighted by molar-refractivity contribution is 7.92. The van der Waals surface area contributed by atoms with Crippen LogP contribution in [0.15, 0.2) is 42.7 Å². The van der Waals surface area contributed by atoms with Crippen LogP contribution in [0.2, 0.25) is 0 Å². The predicted octanol–water partition coefficient (Wildman–Crippen LogP) is 1.46. The Bertz CT molecular complexity index is 804. The van der Waals surface area contributed by atoms with Gasteiger partial charge in [0.05, 0.1) is 6.26 Å². The van der Waals surface area contributed by atoms with Gasteiger partial charge in [-0.05, 0) is 48.4 Å². The molecule has 1 aromatic carbocycles. The number of pyridine rings is 1. The number of aromatic nitrogens is 1. The van der Waals surface area contributed by atoms with Gasteiger partial charge in [0.25, 0.3) is 5.91 Å². The molecule has 1 amide bonds. The van der Waals surface area contributed by atoms with E-state index < -0.39 is 10.0 Å². The topological polar surface area (TPSA) is 97.4 Å². The van der Waals surface area contributed by atoms with Crippen LogP contribution < -0.4 is 14.8 Å². The first-order valence-corrected chi connectivity index (χ1v) is 9.09. The van der Waals surface area contributed by atoms with Gasteiger partial charge in [-0.3, -0.25) is 14.5 Å². The lowest BCUT2D eigenvalue weighted by Crippen LogP contribution is -2.28. The van der Waals surface area contributed by atoms with E-state index >= 15 is 0 Å². The Morgan fingerprint density at radius 3 is 2.54 bits per heavy atom. The molecule has 8 heteroatoms. The van der Waals surface area contributed by atoms with Crippen LogP contribution in [0.1, 0.15) is 11.1 Å². The van der Waals surface area contributed by atoms with Crippen LogP contribution >= 0.6 is 0 Å². The Kier molecular flexibility index (Phi) is 5.75. The molecule has 2 rings (SSSR count). The van der Waals surface area contributed by atoms with Crippen molar-refractivity contribution in [2.24, 2.45) is 0 Å². The molecule has 0 saturated heterocycles. The molecular formula is C16H19N3O4S. The standard InChI is InChI=1S/C16H19N3O4S/c1-12-7-8-17-9-13(12)10-18-16(20)11-23-15-5-3-14(4-6-15)19-24(2,21)22/h3-9,19H,10-11H2,1-2H3,(H,18,20). The third kappa shape index (κ3) is 5.88. The van der Waals surface area contributed by atoms with E-state index in [9.17, 15) is 13.2 Å². The second kappa shape index (κ2) is 7.78. The van der Waals surface area contributed by atoms with Crippen LogP contribution in [0.4, 0.5) is 5.69 Å². The first-order valence-electron chi connectivity index (χ1n) is 7.20. The van der Waals surface area contributed by atoms with Gasteiger partial charge in [0.15, 0.2) is 6.61 Å². The summed E-state index contributed by atoms with van der Waals surface area (Å²) in [5.74, 6) is 0.221. The van der Waals surface area contributed by atoms with Crippen LogP contribution in [0, 0.1) is 6.92 Å². The maximum atomic E-state index is 11.8. The summed E-state index contributed by atoms with van der Waals surface area (Å²) >= 11 is 0.